The largest absolute Gasteiger partial charge is 0.493 e. The van der Waals surface area contributed by atoms with Crippen LogP contribution >= 0.6 is 0 Å². The first-order chi connectivity index (χ1) is 11.0. The van der Waals surface area contributed by atoms with Crippen molar-refractivity contribution in [1.82, 2.24) is 0 Å². The van der Waals surface area contributed by atoms with E-state index in [0.29, 0.717) is 0 Å². The first-order valence-electron chi connectivity index (χ1n) is 6.66. The molecule has 1 aliphatic rings. The molecule has 0 radical (unpaired) electrons. The molecule has 0 saturated heterocycles. The summed E-state index contributed by atoms with van der Waals surface area (Å²) in [5, 5.41) is 0. The zero-order valence-electron chi connectivity index (χ0n) is 11.9. The fourth-order valence-electron chi connectivity index (χ4n) is 2.54. The van der Waals surface area contributed by atoms with E-state index < -0.39 is 45.9 Å². The van der Waals surface area contributed by atoms with Crippen molar-refractivity contribution in [3.05, 3.63) is 52.6 Å². The summed E-state index contributed by atoms with van der Waals surface area (Å²) in [5.74, 6) is -5.91. The van der Waals surface area contributed by atoms with E-state index in [4.69, 9.17) is 4.74 Å². The van der Waals surface area contributed by atoms with Gasteiger partial charge in [0.25, 0.3) is 0 Å². The van der Waals surface area contributed by atoms with Crippen molar-refractivity contribution in [3.63, 3.8) is 0 Å². The normalized spacial score (nSPS) is 12.7. The van der Waals surface area contributed by atoms with E-state index in [-0.39, 0.29) is 24.3 Å². The first-order valence-corrected chi connectivity index (χ1v) is 6.66. The van der Waals surface area contributed by atoms with Crippen LogP contribution in [0.3, 0.4) is 0 Å². The van der Waals surface area contributed by atoms with Gasteiger partial charge in [0.05, 0.1) is 30.4 Å². The molecule has 1 aliphatic heterocycles. The maximum Gasteiger partial charge on any atom is 0.340 e. The molecule has 0 saturated carbocycles. The van der Waals surface area contributed by atoms with Gasteiger partial charge in [-0.05, 0) is 12.1 Å². The van der Waals surface area contributed by atoms with Crippen molar-refractivity contribution >= 4 is 5.97 Å². The van der Waals surface area contributed by atoms with Crippen molar-refractivity contribution < 1.29 is 31.8 Å². The molecule has 1 heterocycles. The van der Waals surface area contributed by atoms with Gasteiger partial charge < -0.3 is 9.47 Å². The number of benzene rings is 2. The second-order valence-corrected chi connectivity index (χ2v) is 4.90. The van der Waals surface area contributed by atoms with Crippen LogP contribution in [0.1, 0.15) is 15.9 Å². The van der Waals surface area contributed by atoms with Crippen molar-refractivity contribution in [3.8, 4) is 16.9 Å². The molecule has 0 spiro atoms. The second-order valence-electron chi connectivity index (χ2n) is 4.90. The van der Waals surface area contributed by atoms with Crippen molar-refractivity contribution in [2.24, 2.45) is 0 Å². The molecule has 0 atom stereocenters. The number of ether oxygens (including phenoxy) is 2. The number of hydrogen-bond donors (Lipinski definition) is 0. The summed E-state index contributed by atoms with van der Waals surface area (Å²) in [5.41, 5.74) is -2.38. The number of halogens is 4. The first kappa shape index (κ1) is 15.3. The Balaban J connectivity index is 2.30. The van der Waals surface area contributed by atoms with Crippen LogP contribution in [-0.4, -0.2) is 19.7 Å². The summed E-state index contributed by atoms with van der Waals surface area (Å²) in [6, 6.07) is 2.49. The lowest BCUT2D eigenvalue weighted by Gasteiger charge is -2.12. The van der Waals surface area contributed by atoms with Crippen molar-refractivity contribution in [2.75, 3.05) is 13.7 Å². The molecule has 0 amide bonds. The average molecular weight is 326 g/mol. The molecule has 23 heavy (non-hydrogen) atoms. The molecule has 3 rings (SSSR count). The van der Waals surface area contributed by atoms with Crippen LogP contribution in [0.4, 0.5) is 17.6 Å². The Labute approximate surface area is 128 Å². The van der Waals surface area contributed by atoms with Gasteiger partial charge in [0.1, 0.15) is 29.0 Å². The lowest BCUT2D eigenvalue weighted by atomic mass is 9.97. The fraction of sp³-hybridized carbons (Fsp3) is 0.188. The van der Waals surface area contributed by atoms with Gasteiger partial charge in [0.15, 0.2) is 0 Å². The highest BCUT2D eigenvalue weighted by Crippen LogP contribution is 2.39. The Bertz CT molecular complexity index is 818. The minimum atomic E-state index is -1.38. The van der Waals surface area contributed by atoms with Crippen LogP contribution < -0.4 is 4.74 Å². The quantitative estimate of drug-likeness (QED) is 0.624. The predicted molar refractivity (Wildman–Crippen MR) is 72.2 cm³/mol. The number of methoxy groups -OCH3 is 1. The van der Waals surface area contributed by atoms with E-state index in [9.17, 15) is 22.4 Å². The zero-order chi connectivity index (χ0) is 16.7. The molecule has 0 aromatic heterocycles. The van der Waals surface area contributed by atoms with E-state index in [1.807, 2.05) is 0 Å². The Morgan fingerprint density at radius 3 is 2.48 bits per heavy atom. The molecule has 0 aliphatic carbocycles. The molecule has 7 heteroatoms. The maximum atomic E-state index is 14.5. The minimum absolute atomic E-state index is 0.00805. The smallest absolute Gasteiger partial charge is 0.340 e. The monoisotopic (exact) mass is 326 g/mol. The van der Waals surface area contributed by atoms with Crippen molar-refractivity contribution in [1.29, 1.82) is 0 Å². The van der Waals surface area contributed by atoms with Crippen LogP contribution in [0.25, 0.3) is 11.1 Å². The van der Waals surface area contributed by atoms with E-state index in [0.717, 1.165) is 25.3 Å². The van der Waals surface area contributed by atoms with Gasteiger partial charge in [-0.3, -0.25) is 0 Å². The van der Waals surface area contributed by atoms with E-state index in [2.05, 4.69) is 4.74 Å². The van der Waals surface area contributed by atoms with Gasteiger partial charge in [-0.15, -0.1) is 0 Å². The lowest BCUT2D eigenvalue weighted by molar-refractivity contribution is 0.0595. The summed E-state index contributed by atoms with van der Waals surface area (Å²) in [6.45, 7) is 0.155. The van der Waals surface area contributed by atoms with Crippen LogP contribution in [-0.2, 0) is 11.2 Å². The van der Waals surface area contributed by atoms with E-state index >= 15 is 0 Å². The lowest BCUT2D eigenvalue weighted by Crippen LogP contribution is -2.08. The highest BCUT2D eigenvalue weighted by Gasteiger charge is 2.29. The number of esters is 1. The van der Waals surface area contributed by atoms with Gasteiger partial charge in [0.2, 0.25) is 0 Å². The Kier molecular flexibility index (Phi) is 3.71. The molecule has 0 N–H and O–H groups in total. The second kappa shape index (κ2) is 5.57. The molecule has 0 bridgehead atoms. The Morgan fingerprint density at radius 2 is 1.78 bits per heavy atom. The number of fused-ring (bicyclic) bond motifs is 1. The molecular formula is C16H10F4O3. The highest BCUT2D eigenvalue weighted by molar-refractivity contribution is 5.91. The molecule has 2 aromatic carbocycles. The van der Waals surface area contributed by atoms with E-state index in [1.54, 1.807) is 0 Å². The van der Waals surface area contributed by atoms with Crippen LogP contribution in [0.15, 0.2) is 18.2 Å². The Morgan fingerprint density at radius 1 is 1.09 bits per heavy atom. The van der Waals surface area contributed by atoms with Crippen LogP contribution in [0, 0.1) is 23.3 Å². The number of carbonyl (C=O) groups excluding carboxylic acids is 1. The molecular weight excluding hydrogens is 316 g/mol. The maximum absolute atomic E-state index is 14.5. The Hall–Kier alpha value is -2.57. The average Bonchev–Trinajstić information content (AvgIpc) is 2.98. The molecule has 2 aromatic rings. The van der Waals surface area contributed by atoms with Gasteiger partial charge in [-0.25, -0.2) is 22.4 Å². The van der Waals surface area contributed by atoms with Gasteiger partial charge in [-0.2, -0.15) is 0 Å². The molecule has 0 unspecified atom stereocenters. The summed E-state index contributed by atoms with van der Waals surface area (Å²) in [7, 11) is 1.01. The SMILES string of the molecule is COC(=O)c1ccc(F)c(-c2c(F)cc3c(c2F)CCO3)c1F. The fourth-order valence-corrected chi connectivity index (χ4v) is 2.54. The molecule has 120 valence electrons. The molecule has 0 fully saturated rings. The number of rotatable bonds is 2. The zero-order valence-corrected chi connectivity index (χ0v) is 11.9. The highest BCUT2D eigenvalue weighted by atomic mass is 19.1. The van der Waals surface area contributed by atoms with Crippen LogP contribution in [0.5, 0.6) is 5.75 Å². The third-order valence-corrected chi connectivity index (χ3v) is 3.63. The summed E-state index contributed by atoms with van der Waals surface area (Å²) >= 11 is 0. The minimum Gasteiger partial charge on any atom is -0.493 e. The topological polar surface area (TPSA) is 35.5 Å². The summed E-state index contributed by atoms with van der Waals surface area (Å²) < 4.78 is 66.6. The molecule has 3 nitrogen and oxygen atoms in total. The van der Waals surface area contributed by atoms with Crippen molar-refractivity contribution in [2.45, 2.75) is 6.42 Å². The predicted octanol–water partition coefficient (Wildman–Crippen LogP) is 3.63. The van der Waals surface area contributed by atoms with Gasteiger partial charge >= 0.3 is 5.97 Å². The van der Waals surface area contributed by atoms with Crippen LogP contribution in [0.2, 0.25) is 0 Å². The third-order valence-electron chi connectivity index (χ3n) is 3.63. The van der Waals surface area contributed by atoms with E-state index in [1.165, 1.54) is 0 Å². The third kappa shape index (κ3) is 2.32. The summed E-state index contributed by atoms with van der Waals surface area (Å²) in [6.07, 6.45) is 0.161. The summed E-state index contributed by atoms with van der Waals surface area (Å²) in [4.78, 5) is 11.5. The standard InChI is InChI=1S/C16H10F4O3/c1-22-16(21)8-2-3-9(17)12(15(8)20)13-10(18)6-11-7(14(13)19)4-5-23-11/h2-3,6H,4-5H2,1H3. The van der Waals surface area contributed by atoms with Gasteiger partial charge in [-0.1, -0.05) is 0 Å². The number of hydrogen-bond acceptors (Lipinski definition) is 3. The van der Waals surface area contributed by atoms with Gasteiger partial charge in [0, 0.05) is 18.1 Å². The number of carbonyl (C=O) groups is 1.